The van der Waals surface area contributed by atoms with Crippen LogP contribution in [-0.4, -0.2) is 34.7 Å². The monoisotopic (exact) mass is 519 g/mol. The summed E-state index contributed by atoms with van der Waals surface area (Å²) in [7, 11) is 0. The van der Waals surface area contributed by atoms with Crippen LogP contribution in [0.1, 0.15) is 80.2 Å². The predicted molar refractivity (Wildman–Crippen MR) is 131 cm³/mol. The van der Waals surface area contributed by atoms with Gasteiger partial charge in [0.15, 0.2) is 0 Å². The third kappa shape index (κ3) is 5.22. The Morgan fingerprint density at radius 2 is 1.78 bits per heavy atom. The summed E-state index contributed by atoms with van der Waals surface area (Å²) >= 11 is 0. The summed E-state index contributed by atoms with van der Waals surface area (Å²) in [6.45, 7) is 4.71. The molecule has 2 aromatic rings. The zero-order valence-corrected chi connectivity index (χ0v) is 21.2. The highest BCUT2D eigenvalue weighted by molar-refractivity contribution is 5.71. The molecule has 1 N–H and O–H groups in total. The topological polar surface area (TPSA) is 49.8 Å². The lowest BCUT2D eigenvalue weighted by Crippen LogP contribution is -2.50. The first-order valence-electron chi connectivity index (χ1n) is 13.1. The van der Waals surface area contributed by atoms with Crippen LogP contribution in [0.5, 0.6) is 5.75 Å². The Kier molecular flexibility index (Phi) is 6.75. The Labute approximate surface area is 214 Å². The van der Waals surface area contributed by atoms with Gasteiger partial charge in [-0.2, -0.15) is 13.2 Å². The maximum Gasteiger partial charge on any atom is 0.416 e. The first-order chi connectivity index (χ1) is 17.5. The number of aliphatic carboxylic acids is 1. The molecule has 5 rings (SSSR count). The molecule has 1 saturated carbocycles. The van der Waals surface area contributed by atoms with Crippen LogP contribution in [0.2, 0.25) is 0 Å². The van der Waals surface area contributed by atoms with Crippen LogP contribution >= 0.6 is 0 Å². The summed E-state index contributed by atoms with van der Waals surface area (Å²) < 4.78 is 60.7. The molecule has 37 heavy (non-hydrogen) atoms. The fourth-order valence-electron chi connectivity index (χ4n) is 6.21. The largest absolute Gasteiger partial charge is 0.487 e. The van der Waals surface area contributed by atoms with E-state index in [9.17, 15) is 27.5 Å². The Morgan fingerprint density at radius 3 is 2.41 bits per heavy atom. The molecule has 0 aromatic heterocycles. The van der Waals surface area contributed by atoms with E-state index in [1.165, 1.54) is 0 Å². The van der Waals surface area contributed by atoms with E-state index < -0.39 is 35.5 Å². The Morgan fingerprint density at radius 1 is 1.08 bits per heavy atom. The van der Waals surface area contributed by atoms with Gasteiger partial charge in [0.2, 0.25) is 0 Å². The SMILES string of the molecule is CC(c1cc(C(F)(F)F)ccc1F)N1CCC2(CCc3ccc(C(C4CC4)[C@H](C)C(=O)O)cc3O2)CC1. The van der Waals surface area contributed by atoms with E-state index in [4.69, 9.17) is 4.74 Å². The summed E-state index contributed by atoms with van der Waals surface area (Å²) in [5.41, 5.74) is 0.979. The number of halogens is 4. The van der Waals surface area contributed by atoms with Crippen molar-refractivity contribution in [3.8, 4) is 5.75 Å². The molecule has 2 fully saturated rings. The van der Waals surface area contributed by atoms with E-state index in [0.29, 0.717) is 31.8 Å². The molecule has 2 aliphatic heterocycles. The van der Waals surface area contributed by atoms with Crippen LogP contribution in [0.15, 0.2) is 36.4 Å². The summed E-state index contributed by atoms with van der Waals surface area (Å²) in [5.74, 6) is -0.707. The molecule has 1 saturated heterocycles. The molecule has 8 heteroatoms. The highest BCUT2D eigenvalue weighted by Gasteiger charge is 2.43. The first kappa shape index (κ1) is 26.0. The number of fused-ring (bicyclic) bond motifs is 1. The van der Waals surface area contributed by atoms with Gasteiger partial charge in [-0.15, -0.1) is 0 Å². The highest BCUT2D eigenvalue weighted by atomic mass is 19.4. The molecular formula is C29H33F4NO3. The van der Waals surface area contributed by atoms with Crippen LogP contribution in [0.25, 0.3) is 0 Å². The van der Waals surface area contributed by atoms with E-state index in [-0.39, 0.29) is 17.1 Å². The minimum atomic E-state index is -4.52. The summed E-state index contributed by atoms with van der Waals surface area (Å²) in [5, 5.41) is 9.64. The summed E-state index contributed by atoms with van der Waals surface area (Å²) in [6.07, 6.45) is 0.664. The fourth-order valence-corrected chi connectivity index (χ4v) is 6.21. The Hall–Kier alpha value is -2.61. The number of carbonyl (C=O) groups is 1. The number of rotatable bonds is 6. The zero-order valence-electron chi connectivity index (χ0n) is 21.2. The quantitative estimate of drug-likeness (QED) is 0.419. The number of piperidine rings is 1. The van der Waals surface area contributed by atoms with E-state index >= 15 is 0 Å². The van der Waals surface area contributed by atoms with Crippen LogP contribution < -0.4 is 4.74 Å². The lowest BCUT2D eigenvalue weighted by atomic mass is 9.80. The molecule has 2 aromatic carbocycles. The first-order valence-corrected chi connectivity index (χ1v) is 13.1. The van der Waals surface area contributed by atoms with Crippen molar-refractivity contribution in [3.05, 3.63) is 64.5 Å². The van der Waals surface area contributed by atoms with E-state index in [2.05, 4.69) is 12.1 Å². The average molecular weight is 520 g/mol. The van der Waals surface area contributed by atoms with Crippen molar-refractivity contribution >= 4 is 5.97 Å². The molecule has 0 amide bonds. The molecule has 2 unspecified atom stereocenters. The lowest BCUT2D eigenvalue weighted by Gasteiger charge is -2.46. The normalized spacial score (nSPS) is 22.1. The van der Waals surface area contributed by atoms with Crippen molar-refractivity contribution in [2.24, 2.45) is 11.8 Å². The van der Waals surface area contributed by atoms with Gasteiger partial charge in [0.1, 0.15) is 17.2 Å². The van der Waals surface area contributed by atoms with Gasteiger partial charge >= 0.3 is 12.1 Å². The van der Waals surface area contributed by atoms with Gasteiger partial charge in [0.05, 0.1) is 11.5 Å². The number of aryl methyl sites for hydroxylation is 1. The van der Waals surface area contributed by atoms with Crippen LogP contribution in [-0.2, 0) is 17.4 Å². The summed E-state index contributed by atoms with van der Waals surface area (Å²) in [4.78, 5) is 13.8. The molecule has 2 heterocycles. The van der Waals surface area contributed by atoms with Gasteiger partial charge < -0.3 is 9.84 Å². The van der Waals surface area contributed by atoms with Crippen molar-refractivity contribution in [3.63, 3.8) is 0 Å². The number of alkyl halides is 3. The molecular weight excluding hydrogens is 486 g/mol. The molecule has 3 aliphatic rings. The Balaban J connectivity index is 1.30. The third-order valence-electron chi connectivity index (χ3n) is 8.74. The molecule has 1 aliphatic carbocycles. The molecule has 0 radical (unpaired) electrons. The van der Waals surface area contributed by atoms with Crippen molar-refractivity contribution < 1.29 is 32.2 Å². The smallest absolute Gasteiger partial charge is 0.416 e. The van der Waals surface area contributed by atoms with E-state index in [1.54, 1.807) is 13.8 Å². The number of nitrogens with zero attached hydrogens (tertiary/aromatic N) is 1. The van der Waals surface area contributed by atoms with Gasteiger partial charge in [0.25, 0.3) is 0 Å². The van der Waals surface area contributed by atoms with Crippen molar-refractivity contribution in [2.75, 3.05) is 13.1 Å². The standard InChI is InChI=1S/C29H33F4NO3/c1-17(27(35)36)26(20-4-5-20)21-6-3-19-9-10-28(37-25(19)15-21)11-13-34(14-12-28)18(2)23-16-22(29(31,32)33)7-8-24(23)30/h3,6-8,15-18,20,26H,4-5,9-14H2,1-2H3,(H,35,36)/t17-,18?,26?/m0/s1. The molecule has 200 valence electrons. The van der Waals surface area contributed by atoms with Crippen LogP contribution in [0.4, 0.5) is 17.6 Å². The van der Waals surface area contributed by atoms with Gasteiger partial charge in [0, 0.05) is 24.7 Å². The van der Waals surface area contributed by atoms with Crippen LogP contribution in [0.3, 0.4) is 0 Å². The van der Waals surface area contributed by atoms with Crippen LogP contribution in [0, 0.1) is 17.7 Å². The number of hydrogen-bond donors (Lipinski definition) is 1. The van der Waals surface area contributed by atoms with Gasteiger partial charge in [-0.3, -0.25) is 9.69 Å². The minimum Gasteiger partial charge on any atom is -0.487 e. The number of ether oxygens (including phenoxy) is 1. The van der Waals surface area contributed by atoms with Gasteiger partial charge in [-0.25, -0.2) is 4.39 Å². The van der Waals surface area contributed by atoms with Crippen molar-refractivity contribution in [1.82, 2.24) is 4.90 Å². The summed E-state index contributed by atoms with van der Waals surface area (Å²) in [6, 6.07) is 8.27. The lowest BCUT2D eigenvalue weighted by molar-refractivity contribution is -0.142. The van der Waals surface area contributed by atoms with Crippen molar-refractivity contribution in [2.45, 2.75) is 76.1 Å². The third-order valence-corrected chi connectivity index (χ3v) is 8.74. The molecule has 1 spiro atoms. The number of hydrogen-bond acceptors (Lipinski definition) is 3. The average Bonchev–Trinajstić information content (AvgIpc) is 3.68. The minimum absolute atomic E-state index is 0.0330. The number of benzene rings is 2. The zero-order chi connectivity index (χ0) is 26.5. The molecule has 0 bridgehead atoms. The second-order valence-corrected chi connectivity index (χ2v) is 11.1. The number of likely N-dealkylation sites (tertiary alicyclic amines) is 1. The van der Waals surface area contributed by atoms with E-state index in [1.807, 2.05) is 11.0 Å². The number of carboxylic acids is 1. The van der Waals surface area contributed by atoms with Crippen molar-refractivity contribution in [1.29, 1.82) is 0 Å². The molecule has 4 nitrogen and oxygen atoms in total. The molecule has 3 atom stereocenters. The second kappa shape index (κ2) is 9.61. The second-order valence-electron chi connectivity index (χ2n) is 11.1. The fraction of sp³-hybridized carbons (Fsp3) is 0.552. The number of carboxylic acid groups (broad SMARTS) is 1. The Bertz CT molecular complexity index is 1170. The maximum atomic E-state index is 14.5. The van der Waals surface area contributed by atoms with Gasteiger partial charge in [-0.1, -0.05) is 19.1 Å². The predicted octanol–water partition coefficient (Wildman–Crippen LogP) is 6.98. The highest BCUT2D eigenvalue weighted by Crippen LogP contribution is 2.49. The maximum absolute atomic E-state index is 14.5. The van der Waals surface area contributed by atoms with Gasteiger partial charge in [-0.05, 0) is 92.7 Å². The van der Waals surface area contributed by atoms with E-state index in [0.717, 1.165) is 60.8 Å².